The number of rotatable bonds is 8. The smallest absolute Gasteiger partial charge is 0.255 e. The number of aliphatic hydroxyl groups is 1. The molecule has 0 radical (unpaired) electrons. The SMILES string of the molecule is O=C(NC(Cc1ccccc1)C(O)C(=O)NC1CC1)c1cccnc1-n1cc2ccccc2n1. The molecule has 1 aliphatic rings. The Balaban J connectivity index is 1.42. The second-order valence-corrected chi connectivity index (χ2v) is 8.50. The number of carbonyl (C=O) groups excluding carboxylic acids is 2. The number of hydrogen-bond acceptors (Lipinski definition) is 5. The number of benzene rings is 2. The molecule has 172 valence electrons. The molecule has 2 aromatic carbocycles. The third-order valence-electron chi connectivity index (χ3n) is 5.85. The molecule has 34 heavy (non-hydrogen) atoms. The Bertz CT molecular complexity index is 1280. The summed E-state index contributed by atoms with van der Waals surface area (Å²) < 4.78 is 1.57. The Labute approximate surface area is 196 Å². The number of nitrogens with zero attached hydrogens (tertiary/aromatic N) is 3. The maximum atomic E-state index is 13.4. The molecular formula is C26H25N5O3. The van der Waals surface area contributed by atoms with Crippen molar-refractivity contribution in [2.24, 2.45) is 0 Å². The van der Waals surface area contributed by atoms with E-state index < -0.39 is 24.0 Å². The van der Waals surface area contributed by atoms with Crippen molar-refractivity contribution in [3.8, 4) is 5.82 Å². The summed E-state index contributed by atoms with van der Waals surface area (Å²) >= 11 is 0. The third-order valence-corrected chi connectivity index (χ3v) is 5.85. The van der Waals surface area contributed by atoms with E-state index in [1.807, 2.05) is 60.8 Å². The van der Waals surface area contributed by atoms with E-state index in [-0.39, 0.29) is 6.04 Å². The zero-order valence-electron chi connectivity index (χ0n) is 18.5. The predicted octanol–water partition coefficient (Wildman–Crippen LogP) is 2.40. The average molecular weight is 456 g/mol. The van der Waals surface area contributed by atoms with Gasteiger partial charge in [0.05, 0.1) is 17.1 Å². The number of carbonyl (C=O) groups is 2. The number of hydrogen-bond donors (Lipinski definition) is 3. The van der Waals surface area contributed by atoms with Crippen molar-refractivity contribution in [3.05, 3.63) is 90.3 Å². The lowest BCUT2D eigenvalue weighted by atomic mass is 10.00. The highest BCUT2D eigenvalue weighted by atomic mass is 16.3. The molecule has 1 fully saturated rings. The van der Waals surface area contributed by atoms with Crippen molar-refractivity contribution in [3.63, 3.8) is 0 Å². The van der Waals surface area contributed by atoms with Crippen molar-refractivity contribution >= 4 is 22.7 Å². The van der Waals surface area contributed by atoms with Gasteiger partial charge in [0.1, 0.15) is 0 Å². The first-order chi connectivity index (χ1) is 16.6. The lowest BCUT2D eigenvalue weighted by molar-refractivity contribution is -0.130. The summed E-state index contributed by atoms with van der Waals surface area (Å²) in [5.74, 6) is -0.554. The normalized spacial score (nSPS) is 15.0. The van der Waals surface area contributed by atoms with Gasteiger partial charge in [0, 0.05) is 23.8 Å². The van der Waals surface area contributed by atoms with Gasteiger partial charge < -0.3 is 15.7 Å². The summed E-state index contributed by atoms with van der Waals surface area (Å²) in [7, 11) is 0. The number of aliphatic hydroxyl groups excluding tert-OH is 1. The van der Waals surface area contributed by atoms with Crippen molar-refractivity contribution in [1.29, 1.82) is 0 Å². The first-order valence-electron chi connectivity index (χ1n) is 11.3. The number of aromatic nitrogens is 3. The van der Waals surface area contributed by atoms with E-state index in [0.29, 0.717) is 17.8 Å². The average Bonchev–Trinajstić information content (AvgIpc) is 3.57. The zero-order chi connectivity index (χ0) is 23.5. The molecule has 8 nitrogen and oxygen atoms in total. The fraction of sp³-hybridized carbons (Fsp3) is 0.231. The fourth-order valence-electron chi connectivity index (χ4n) is 3.88. The Morgan fingerprint density at radius 1 is 1.03 bits per heavy atom. The molecule has 0 saturated heterocycles. The number of pyridine rings is 1. The summed E-state index contributed by atoms with van der Waals surface area (Å²) in [5, 5.41) is 22.0. The molecule has 5 rings (SSSR count). The fourth-order valence-corrected chi connectivity index (χ4v) is 3.88. The van der Waals surface area contributed by atoms with Crippen LogP contribution < -0.4 is 10.6 Å². The molecule has 2 unspecified atom stereocenters. The summed E-state index contributed by atoms with van der Waals surface area (Å²) in [5.41, 5.74) is 1.98. The van der Waals surface area contributed by atoms with Crippen LogP contribution in [0.15, 0.2) is 79.1 Å². The van der Waals surface area contributed by atoms with Crippen LogP contribution >= 0.6 is 0 Å². The number of amides is 2. The van der Waals surface area contributed by atoms with Gasteiger partial charge in [-0.25, -0.2) is 9.67 Å². The Morgan fingerprint density at radius 2 is 1.79 bits per heavy atom. The number of fused-ring (bicyclic) bond motifs is 1. The quantitative estimate of drug-likeness (QED) is 0.378. The standard InChI is InChI=1S/C26H25N5O3/c32-23(26(34)28-19-12-13-19)22(15-17-7-2-1-3-8-17)29-25(33)20-10-6-14-27-24(20)31-16-18-9-4-5-11-21(18)30-31/h1-11,14,16,19,22-23,32H,12-13,15H2,(H,28,34)(H,29,33). The molecule has 3 N–H and O–H groups in total. The minimum absolute atomic E-state index is 0.106. The molecular weight excluding hydrogens is 430 g/mol. The highest BCUT2D eigenvalue weighted by Crippen LogP contribution is 2.20. The van der Waals surface area contributed by atoms with Crippen molar-refractivity contribution in [2.45, 2.75) is 37.5 Å². The van der Waals surface area contributed by atoms with E-state index in [1.54, 1.807) is 23.0 Å². The largest absolute Gasteiger partial charge is 0.381 e. The van der Waals surface area contributed by atoms with Crippen molar-refractivity contribution < 1.29 is 14.7 Å². The maximum Gasteiger partial charge on any atom is 0.255 e. The molecule has 1 aliphatic carbocycles. The van der Waals surface area contributed by atoms with Gasteiger partial charge in [0.25, 0.3) is 11.8 Å². The minimum atomic E-state index is -1.39. The van der Waals surface area contributed by atoms with Gasteiger partial charge in [-0.1, -0.05) is 48.5 Å². The third kappa shape index (κ3) is 4.82. The van der Waals surface area contributed by atoms with Crippen molar-refractivity contribution in [2.75, 3.05) is 0 Å². The van der Waals surface area contributed by atoms with Gasteiger partial charge in [-0.15, -0.1) is 0 Å². The van der Waals surface area contributed by atoms with Gasteiger partial charge >= 0.3 is 0 Å². The van der Waals surface area contributed by atoms with Crippen LogP contribution in [0.1, 0.15) is 28.8 Å². The summed E-state index contributed by atoms with van der Waals surface area (Å²) in [6, 6.07) is 19.7. The predicted molar refractivity (Wildman–Crippen MR) is 127 cm³/mol. The van der Waals surface area contributed by atoms with Crippen LogP contribution in [-0.4, -0.2) is 49.9 Å². The molecule has 2 heterocycles. The van der Waals surface area contributed by atoms with E-state index in [1.165, 1.54) is 0 Å². The van der Waals surface area contributed by atoms with Crippen LogP contribution in [0.25, 0.3) is 16.7 Å². The monoisotopic (exact) mass is 455 g/mol. The lowest BCUT2D eigenvalue weighted by Gasteiger charge is -2.24. The van der Waals surface area contributed by atoms with Gasteiger partial charge in [-0.2, -0.15) is 5.10 Å². The van der Waals surface area contributed by atoms with Crippen LogP contribution in [0, 0.1) is 0 Å². The summed E-state index contributed by atoms with van der Waals surface area (Å²) in [6.45, 7) is 0. The summed E-state index contributed by atoms with van der Waals surface area (Å²) in [6.07, 6.45) is 4.13. The molecule has 2 aromatic heterocycles. The molecule has 1 saturated carbocycles. The molecule has 0 bridgehead atoms. The van der Waals surface area contributed by atoms with Crippen molar-refractivity contribution in [1.82, 2.24) is 25.4 Å². The molecule has 0 spiro atoms. The van der Waals surface area contributed by atoms with E-state index in [2.05, 4.69) is 20.7 Å². The Morgan fingerprint density at radius 3 is 2.56 bits per heavy atom. The maximum absolute atomic E-state index is 13.4. The highest BCUT2D eigenvalue weighted by Gasteiger charge is 2.32. The molecule has 2 amide bonds. The van der Waals surface area contributed by atoms with Crippen LogP contribution in [0.2, 0.25) is 0 Å². The van der Waals surface area contributed by atoms with E-state index in [9.17, 15) is 14.7 Å². The number of nitrogens with one attached hydrogen (secondary N) is 2. The van der Waals surface area contributed by atoms with Gasteiger partial charge in [-0.3, -0.25) is 9.59 Å². The van der Waals surface area contributed by atoms with E-state index >= 15 is 0 Å². The van der Waals surface area contributed by atoms with Crippen LogP contribution in [-0.2, 0) is 11.2 Å². The van der Waals surface area contributed by atoms with Gasteiger partial charge in [0.15, 0.2) is 11.9 Å². The molecule has 2 atom stereocenters. The van der Waals surface area contributed by atoms with E-state index in [4.69, 9.17) is 0 Å². The van der Waals surface area contributed by atoms with Gasteiger partial charge in [-0.05, 0) is 43.0 Å². The minimum Gasteiger partial charge on any atom is -0.381 e. The van der Waals surface area contributed by atoms with Gasteiger partial charge in [0.2, 0.25) is 0 Å². The van der Waals surface area contributed by atoms with Crippen LogP contribution in [0.5, 0.6) is 0 Å². The first kappa shape index (κ1) is 21.8. The topological polar surface area (TPSA) is 109 Å². The highest BCUT2D eigenvalue weighted by molar-refractivity contribution is 5.98. The Kier molecular flexibility index (Phi) is 6.05. The van der Waals surface area contributed by atoms with Crippen LogP contribution in [0.3, 0.4) is 0 Å². The first-order valence-corrected chi connectivity index (χ1v) is 11.3. The Hall–Kier alpha value is -4.04. The lowest BCUT2D eigenvalue weighted by Crippen LogP contribution is -2.52. The molecule has 8 heteroatoms. The molecule has 0 aliphatic heterocycles. The summed E-state index contributed by atoms with van der Waals surface area (Å²) in [4.78, 5) is 30.4. The zero-order valence-corrected chi connectivity index (χ0v) is 18.5. The second-order valence-electron chi connectivity index (χ2n) is 8.50. The second kappa shape index (κ2) is 9.44. The van der Waals surface area contributed by atoms with Crippen LogP contribution in [0.4, 0.5) is 0 Å². The van der Waals surface area contributed by atoms with E-state index in [0.717, 1.165) is 29.3 Å². The molecule has 4 aromatic rings.